The number of hydrogen-bond donors (Lipinski definition) is 0. The molecule has 179 valence electrons. The highest BCUT2D eigenvalue weighted by atomic mass is 16.6. The minimum Gasteiger partial charge on any atom is -0.442 e. The van der Waals surface area contributed by atoms with Crippen LogP contribution in [0.4, 0.5) is 10.5 Å². The second-order valence-electron chi connectivity index (χ2n) is 9.96. The Balaban J connectivity index is 1.11. The maximum Gasteiger partial charge on any atom is 0.415 e. The van der Waals surface area contributed by atoms with Crippen LogP contribution in [0.5, 0.6) is 0 Å². The molecule has 4 aliphatic rings. The fourth-order valence-electron chi connectivity index (χ4n) is 6.37. The molecular weight excluding hydrogens is 458 g/mol. The molecule has 0 unspecified atom stereocenters. The third kappa shape index (κ3) is 2.86. The lowest BCUT2D eigenvalue weighted by molar-refractivity contribution is -0.125. The van der Waals surface area contributed by atoms with E-state index in [9.17, 15) is 14.9 Å². The lowest BCUT2D eigenvalue weighted by Gasteiger charge is -2.21. The van der Waals surface area contributed by atoms with Crippen LogP contribution in [0.2, 0.25) is 0 Å². The van der Waals surface area contributed by atoms with Gasteiger partial charge in [-0.25, -0.2) is 9.48 Å². The Morgan fingerprint density at radius 3 is 2.69 bits per heavy atom. The summed E-state index contributed by atoms with van der Waals surface area (Å²) in [6.07, 6.45) is 5.24. The molecule has 1 aliphatic carbocycles. The summed E-state index contributed by atoms with van der Waals surface area (Å²) in [5.74, 6) is 0.0443. The van der Waals surface area contributed by atoms with Gasteiger partial charge in [0.05, 0.1) is 36.2 Å². The Morgan fingerprint density at radius 2 is 2.03 bits per heavy atom. The van der Waals surface area contributed by atoms with E-state index in [-0.39, 0.29) is 36.0 Å². The molecule has 5 heterocycles. The number of rotatable bonds is 4. The first kappa shape index (κ1) is 21.1. The molecule has 2 amide bonds. The number of ether oxygens (including phenoxy) is 1. The molecule has 10 heteroatoms. The summed E-state index contributed by atoms with van der Waals surface area (Å²) >= 11 is 0. The lowest BCUT2D eigenvalue weighted by atomic mass is 9.95. The molecule has 5 atom stereocenters. The predicted octanol–water partition coefficient (Wildman–Crippen LogP) is 1.97. The van der Waals surface area contributed by atoms with Crippen molar-refractivity contribution in [3.8, 4) is 17.2 Å². The first-order valence-electron chi connectivity index (χ1n) is 12.0. The highest BCUT2D eigenvalue weighted by molar-refractivity contribution is 5.94. The summed E-state index contributed by atoms with van der Waals surface area (Å²) in [6.45, 7) is 5.07. The van der Waals surface area contributed by atoms with Crippen molar-refractivity contribution >= 4 is 17.7 Å². The van der Waals surface area contributed by atoms with Crippen molar-refractivity contribution in [2.24, 2.45) is 11.8 Å². The van der Waals surface area contributed by atoms with Gasteiger partial charge in [-0.1, -0.05) is 17.3 Å². The Bertz CT molecular complexity index is 1420. The molecule has 3 fully saturated rings. The van der Waals surface area contributed by atoms with E-state index >= 15 is 0 Å². The van der Waals surface area contributed by atoms with Crippen LogP contribution in [0, 0.1) is 30.1 Å². The zero-order valence-corrected chi connectivity index (χ0v) is 19.3. The minimum atomic E-state index is -0.618. The van der Waals surface area contributed by atoms with Crippen LogP contribution < -0.4 is 4.90 Å². The SMILES string of the molecule is [CH2]C(=O)N1C[C@@H]2[C@H](C1)[C@]2(C#N)c1ccc(-c2ccc3c(c2)C[C@H]2[C@H](Cn4ccnn4)OC(=O)N32)cn1. The number of fused-ring (bicyclic) bond motifs is 4. The van der Waals surface area contributed by atoms with Crippen molar-refractivity contribution in [1.29, 1.82) is 5.26 Å². The van der Waals surface area contributed by atoms with Crippen molar-refractivity contribution in [2.45, 2.75) is 30.5 Å². The van der Waals surface area contributed by atoms with Gasteiger partial charge in [0.1, 0.15) is 11.5 Å². The molecule has 0 spiro atoms. The zero-order chi connectivity index (χ0) is 24.6. The fourth-order valence-corrected chi connectivity index (χ4v) is 6.37. The number of cyclic esters (lactones) is 1. The normalized spacial score (nSPS) is 29.4. The van der Waals surface area contributed by atoms with Crippen molar-refractivity contribution in [1.82, 2.24) is 24.9 Å². The number of nitrogens with zero attached hydrogens (tertiary/aromatic N) is 7. The minimum absolute atomic E-state index is 0.0815. The van der Waals surface area contributed by atoms with Crippen LogP contribution in [0.25, 0.3) is 11.1 Å². The van der Waals surface area contributed by atoms with Gasteiger partial charge in [0, 0.05) is 49.8 Å². The summed E-state index contributed by atoms with van der Waals surface area (Å²) in [6, 6.07) is 12.4. The Labute approximate surface area is 207 Å². The summed E-state index contributed by atoms with van der Waals surface area (Å²) in [5.41, 5.74) is 4.06. The zero-order valence-electron chi connectivity index (χ0n) is 19.3. The average molecular weight is 481 g/mol. The Hall–Kier alpha value is -4.26. The fraction of sp³-hybridized carbons (Fsp3) is 0.346. The molecule has 2 saturated heterocycles. The number of anilines is 1. The number of nitriles is 1. The van der Waals surface area contributed by atoms with Crippen molar-refractivity contribution in [2.75, 3.05) is 18.0 Å². The van der Waals surface area contributed by atoms with Crippen molar-refractivity contribution < 1.29 is 14.3 Å². The van der Waals surface area contributed by atoms with Crippen LogP contribution in [0.1, 0.15) is 11.3 Å². The van der Waals surface area contributed by atoms with Gasteiger partial charge in [-0.2, -0.15) is 5.26 Å². The first-order chi connectivity index (χ1) is 17.5. The molecule has 3 aromatic rings. The molecule has 36 heavy (non-hydrogen) atoms. The number of pyridine rings is 1. The van der Waals surface area contributed by atoms with E-state index in [0.29, 0.717) is 26.1 Å². The number of carbonyl (C=O) groups is 2. The highest BCUT2D eigenvalue weighted by Gasteiger charge is 2.71. The van der Waals surface area contributed by atoms with Gasteiger partial charge >= 0.3 is 6.09 Å². The second-order valence-corrected chi connectivity index (χ2v) is 9.96. The molecule has 1 saturated carbocycles. The molecule has 0 bridgehead atoms. The number of hydrogen-bond acceptors (Lipinski definition) is 7. The summed E-state index contributed by atoms with van der Waals surface area (Å²) in [4.78, 5) is 32.3. The Morgan fingerprint density at radius 1 is 1.22 bits per heavy atom. The van der Waals surface area contributed by atoms with Gasteiger partial charge in [0.25, 0.3) is 0 Å². The number of benzene rings is 1. The summed E-state index contributed by atoms with van der Waals surface area (Å²) < 4.78 is 7.30. The molecule has 1 radical (unpaired) electrons. The molecule has 0 N–H and O–H groups in total. The van der Waals surface area contributed by atoms with Crippen LogP contribution in [-0.4, -0.2) is 62.1 Å². The third-order valence-corrected chi connectivity index (χ3v) is 8.26. The lowest BCUT2D eigenvalue weighted by Crippen LogP contribution is -2.35. The molecular formula is C26H22N7O3. The van der Waals surface area contributed by atoms with Gasteiger partial charge in [0.2, 0.25) is 5.91 Å². The number of piperidine rings is 1. The van der Waals surface area contributed by atoms with E-state index in [4.69, 9.17) is 4.74 Å². The van der Waals surface area contributed by atoms with Crippen LogP contribution in [0.3, 0.4) is 0 Å². The molecule has 7 rings (SSSR count). The van der Waals surface area contributed by atoms with E-state index < -0.39 is 5.41 Å². The number of aromatic nitrogens is 4. The van der Waals surface area contributed by atoms with E-state index in [1.807, 2.05) is 30.5 Å². The number of likely N-dealkylation sites (tertiary alicyclic amines) is 1. The number of amides is 2. The van der Waals surface area contributed by atoms with Crippen LogP contribution >= 0.6 is 0 Å². The summed E-state index contributed by atoms with van der Waals surface area (Å²) in [5, 5.41) is 17.8. The number of carbonyl (C=O) groups excluding carboxylic acids is 2. The van der Waals surface area contributed by atoms with Crippen molar-refractivity contribution in [3.63, 3.8) is 0 Å². The largest absolute Gasteiger partial charge is 0.442 e. The van der Waals surface area contributed by atoms with Crippen LogP contribution in [-0.2, 0) is 27.9 Å². The van der Waals surface area contributed by atoms with E-state index in [0.717, 1.165) is 28.1 Å². The predicted molar refractivity (Wildman–Crippen MR) is 126 cm³/mol. The van der Waals surface area contributed by atoms with E-state index in [1.165, 1.54) is 0 Å². The maximum atomic E-state index is 12.6. The standard InChI is InChI=1S/C26H22N7O3/c1-15(34)31-11-19-20(12-31)26(19,14-27)24-5-3-17(10-28-24)16-2-4-21-18(8-16)9-22-23(36-25(35)33(21)22)13-32-7-6-29-30-32/h2-8,10,19-20,22-23H,1,9,11-13H2/t19-,20+,22-,23-,26-/m0/s1. The quantitative estimate of drug-likeness (QED) is 0.560. The molecule has 10 nitrogen and oxygen atoms in total. The first-order valence-corrected chi connectivity index (χ1v) is 12.0. The summed E-state index contributed by atoms with van der Waals surface area (Å²) in [7, 11) is 0. The van der Waals surface area contributed by atoms with Gasteiger partial charge in [-0.15, -0.1) is 5.10 Å². The molecule has 3 aliphatic heterocycles. The van der Waals surface area contributed by atoms with Crippen LogP contribution in [0.15, 0.2) is 48.9 Å². The maximum absolute atomic E-state index is 12.6. The monoisotopic (exact) mass is 480 g/mol. The third-order valence-electron chi connectivity index (χ3n) is 8.26. The molecule has 2 aromatic heterocycles. The van der Waals surface area contributed by atoms with Gasteiger partial charge in [-0.05, 0) is 35.7 Å². The smallest absolute Gasteiger partial charge is 0.415 e. The van der Waals surface area contributed by atoms with Crippen molar-refractivity contribution in [3.05, 3.63) is 67.1 Å². The van der Waals surface area contributed by atoms with E-state index in [2.05, 4.69) is 34.4 Å². The second kappa shape index (κ2) is 7.37. The Kier molecular flexibility index (Phi) is 4.31. The van der Waals surface area contributed by atoms with Gasteiger partial charge in [0.15, 0.2) is 0 Å². The van der Waals surface area contributed by atoms with Gasteiger partial charge < -0.3 is 9.64 Å². The van der Waals surface area contributed by atoms with Gasteiger partial charge in [-0.3, -0.25) is 14.7 Å². The molecule has 1 aromatic carbocycles. The highest BCUT2D eigenvalue weighted by Crippen LogP contribution is 2.62. The average Bonchev–Trinajstić information content (AvgIpc) is 3.48. The van der Waals surface area contributed by atoms with E-state index in [1.54, 1.807) is 26.9 Å². The topological polar surface area (TPSA) is 117 Å².